The van der Waals surface area contributed by atoms with E-state index in [1.54, 1.807) is 0 Å². The normalized spacial score (nSPS) is 11.5. The average molecular weight is 642 g/mol. The van der Waals surface area contributed by atoms with Crippen molar-refractivity contribution in [2.24, 2.45) is 7.05 Å². The van der Waals surface area contributed by atoms with Crippen LogP contribution in [0.15, 0.2) is 170 Å². The van der Waals surface area contributed by atoms with Gasteiger partial charge in [0.25, 0.3) is 5.82 Å². The minimum atomic E-state index is 1.19. The second-order valence-electron chi connectivity index (χ2n) is 13.5. The summed E-state index contributed by atoms with van der Waals surface area (Å²) >= 11 is 0. The fourth-order valence-electron chi connectivity index (χ4n) is 7.37. The minimum absolute atomic E-state index is 1.19. The minimum Gasteiger partial charge on any atom is -0.237 e. The molecule has 0 saturated heterocycles. The molecule has 9 aromatic rings. The standard InChI is InChI=1S/C48H37N2/c1-32-19-20-44(31-48(32)50-22-21-49(3)33(50)2)47-29-45-28-46(30-47)43-18-8-16-41(27-43)39-14-6-12-37(25-39)35-10-4-9-34(23-35)36-11-5-13-38(24-36)40-15-7-17-42(45)26-40/h4-31H,1-3H3/q+1. The predicted molar refractivity (Wildman–Crippen MR) is 213 cm³/mol. The number of nitrogens with zero attached hydrogens (tertiary/aromatic N) is 2. The number of hydrogen-bond donors (Lipinski definition) is 0. The fraction of sp³-hybridized carbons (Fsp3) is 0.0625. The SMILES string of the molecule is Cc1ccc(-c2cc3cc(c2)c2cccc(c2)c2cccc(c2)c2cccc(c2)c2cccc(c2)c2cccc3c2)cc1-n1cc[n+](C)c1C. The maximum absolute atomic E-state index is 2.35. The summed E-state index contributed by atoms with van der Waals surface area (Å²) in [7, 11) is 2.10. The Kier molecular flexibility index (Phi) is 7.17. The highest BCUT2D eigenvalue weighted by Gasteiger charge is 2.15. The molecule has 238 valence electrons. The summed E-state index contributed by atoms with van der Waals surface area (Å²) in [6, 6.07) is 58.7. The van der Waals surface area contributed by atoms with Crippen molar-refractivity contribution >= 4 is 64.6 Å². The number of rotatable bonds is 2. The van der Waals surface area contributed by atoms with Gasteiger partial charge in [-0.25, -0.2) is 4.57 Å². The zero-order valence-corrected chi connectivity index (χ0v) is 28.6. The van der Waals surface area contributed by atoms with Crippen LogP contribution in [0.1, 0.15) is 11.4 Å². The molecule has 50 heavy (non-hydrogen) atoms. The van der Waals surface area contributed by atoms with Crippen LogP contribution in [0, 0.1) is 13.8 Å². The summed E-state index contributed by atoms with van der Waals surface area (Å²) in [5.74, 6) is 1.19. The van der Waals surface area contributed by atoms with Crippen molar-refractivity contribution in [2.75, 3.05) is 0 Å². The van der Waals surface area contributed by atoms with E-state index in [2.05, 4.69) is 200 Å². The van der Waals surface area contributed by atoms with Crippen molar-refractivity contribution < 1.29 is 4.57 Å². The first-order valence-corrected chi connectivity index (χ1v) is 17.3. The van der Waals surface area contributed by atoms with E-state index in [9.17, 15) is 0 Å². The average Bonchev–Trinajstić information content (AvgIpc) is 3.51. The Morgan fingerprint density at radius 3 is 1.10 bits per heavy atom. The predicted octanol–water partition coefficient (Wildman–Crippen LogP) is 12.2. The summed E-state index contributed by atoms with van der Waals surface area (Å²) in [6.07, 6.45) is 4.27. The first-order chi connectivity index (χ1) is 24.5. The largest absolute Gasteiger partial charge is 0.258 e. The zero-order valence-electron chi connectivity index (χ0n) is 28.6. The van der Waals surface area contributed by atoms with Gasteiger partial charge >= 0.3 is 0 Å². The topological polar surface area (TPSA) is 8.81 Å². The van der Waals surface area contributed by atoms with E-state index in [4.69, 9.17) is 0 Å². The molecule has 2 heteroatoms. The van der Waals surface area contributed by atoms with Crippen LogP contribution in [-0.2, 0) is 7.05 Å². The van der Waals surface area contributed by atoms with Gasteiger partial charge in [-0.1, -0.05) is 103 Å². The maximum Gasteiger partial charge on any atom is 0.258 e. The van der Waals surface area contributed by atoms with Gasteiger partial charge in [-0.05, 0) is 143 Å². The lowest BCUT2D eigenvalue weighted by Gasteiger charge is -2.10. The molecule has 0 amide bonds. The number of aryl methyl sites for hydroxylation is 2. The van der Waals surface area contributed by atoms with Crippen molar-refractivity contribution in [2.45, 2.75) is 13.8 Å². The van der Waals surface area contributed by atoms with Crippen LogP contribution in [0.5, 0.6) is 0 Å². The van der Waals surface area contributed by atoms with E-state index in [1.807, 2.05) is 0 Å². The van der Waals surface area contributed by atoms with Gasteiger partial charge in [0.2, 0.25) is 0 Å². The second kappa shape index (κ2) is 12.0. The third-order valence-electron chi connectivity index (χ3n) is 10.3. The number of imidazole rings is 1. The van der Waals surface area contributed by atoms with E-state index in [-0.39, 0.29) is 0 Å². The van der Waals surface area contributed by atoms with Gasteiger partial charge in [-0.3, -0.25) is 0 Å². The second-order valence-corrected chi connectivity index (χ2v) is 13.5. The van der Waals surface area contributed by atoms with Crippen LogP contribution < -0.4 is 4.57 Å². The van der Waals surface area contributed by atoms with Crippen LogP contribution in [0.4, 0.5) is 0 Å². The van der Waals surface area contributed by atoms with Gasteiger partial charge in [0.15, 0.2) is 0 Å². The molecule has 9 rings (SSSR count). The van der Waals surface area contributed by atoms with Crippen molar-refractivity contribution in [3.63, 3.8) is 0 Å². The smallest absolute Gasteiger partial charge is 0.237 e. The molecule has 1 aromatic heterocycles. The third kappa shape index (κ3) is 5.36. The molecule has 12 bridgehead atoms. The van der Waals surface area contributed by atoms with Gasteiger partial charge in [0, 0.05) is 6.92 Å². The molecule has 8 aromatic carbocycles. The summed E-state index contributed by atoms with van der Waals surface area (Å²) < 4.78 is 4.44. The van der Waals surface area contributed by atoms with Gasteiger partial charge in [-0.15, -0.1) is 0 Å². The molecule has 0 aliphatic heterocycles. The third-order valence-corrected chi connectivity index (χ3v) is 10.3. The lowest BCUT2D eigenvalue weighted by molar-refractivity contribution is -0.677. The summed E-state index contributed by atoms with van der Waals surface area (Å²) in [5.41, 5.74) is 4.83. The highest BCUT2D eigenvalue weighted by molar-refractivity contribution is 6.02. The van der Waals surface area contributed by atoms with E-state index in [0.29, 0.717) is 0 Å². The molecular formula is C48H37N2+. The van der Waals surface area contributed by atoms with Crippen molar-refractivity contribution in [1.29, 1.82) is 0 Å². The molecule has 0 atom stereocenters. The molecular weight excluding hydrogens is 605 g/mol. The van der Waals surface area contributed by atoms with E-state index in [0.717, 1.165) is 0 Å². The van der Waals surface area contributed by atoms with Crippen molar-refractivity contribution in [3.8, 4) is 16.8 Å². The quantitative estimate of drug-likeness (QED) is 0.166. The molecule has 1 heterocycles. The number of hydrogen-bond acceptors (Lipinski definition) is 0. The monoisotopic (exact) mass is 641 g/mol. The lowest BCUT2D eigenvalue weighted by atomic mass is 9.97. The van der Waals surface area contributed by atoms with Gasteiger partial charge in [-0.2, -0.15) is 4.57 Å². The molecule has 0 unspecified atom stereocenters. The van der Waals surface area contributed by atoms with E-state index >= 15 is 0 Å². The maximum atomic E-state index is 2.35. The highest BCUT2D eigenvalue weighted by Crippen LogP contribution is 2.32. The number of benzene rings is 7. The van der Waals surface area contributed by atoms with Crippen LogP contribution in [0.2, 0.25) is 0 Å². The van der Waals surface area contributed by atoms with Crippen LogP contribution in [0.25, 0.3) is 81.4 Å². The highest BCUT2D eigenvalue weighted by atomic mass is 15.1. The van der Waals surface area contributed by atoms with Crippen molar-refractivity contribution in [1.82, 2.24) is 4.57 Å². The van der Waals surface area contributed by atoms with Gasteiger partial charge in [0.05, 0.1) is 7.05 Å². The van der Waals surface area contributed by atoms with Crippen LogP contribution in [0.3, 0.4) is 0 Å². The molecule has 0 aliphatic carbocycles. The molecule has 0 N–H and O–H groups in total. The Labute approximate surface area is 292 Å². The Balaban J connectivity index is 1.41. The first kappa shape index (κ1) is 29.9. The van der Waals surface area contributed by atoms with E-state index in [1.165, 1.54) is 92.8 Å². The van der Waals surface area contributed by atoms with Crippen molar-refractivity contribution in [3.05, 3.63) is 182 Å². The zero-order chi connectivity index (χ0) is 33.8. The van der Waals surface area contributed by atoms with Crippen LogP contribution in [-0.4, -0.2) is 4.57 Å². The molecule has 0 radical (unpaired) electrons. The Bertz CT molecular complexity index is 2770. The first-order valence-electron chi connectivity index (χ1n) is 17.3. The Hall–Kier alpha value is -6.25. The Morgan fingerprint density at radius 2 is 0.740 bits per heavy atom. The molecule has 0 aliphatic rings. The van der Waals surface area contributed by atoms with Gasteiger partial charge in [0.1, 0.15) is 18.1 Å². The number of aromatic nitrogens is 2. The van der Waals surface area contributed by atoms with Gasteiger partial charge < -0.3 is 0 Å². The fourth-order valence-corrected chi connectivity index (χ4v) is 7.37. The Morgan fingerprint density at radius 1 is 0.380 bits per heavy atom. The molecule has 0 fully saturated rings. The molecule has 2 nitrogen and oxygen atoms in total. The van der Waals surface area contributed by atoms with E-state index < -0.39 is 0 Å². The summed E-state index contributed by atoms with van der Waals surface area (Å²) in [6.45, 7) is 4.35. The number of fused-ring (bicyclic) bond motifs is 18. The molecule has 0 spiro atoms. The molecule has 0 saturated carbocycles. The summed E-state index contributed by atoms with van der Waals surface area (Å²) in [4.78, 5) is 0. The summed E-state index contributed by atoms with van der Waals surface area (Å²) in [5, 5.41) is 14.5. The van der Waals surface area contributed by atoms with Crippen LogP contribution >= 0.6 is 0 Å². The lowest BCUT2D eigenvalue weighted by Crippen LogP contribution is -2.29.